The van der Waals surface area contributed by atoms with Crippen molar-refractivity contribution in [3.8, 4) is 0 Å². The highest BCUT2D eigenvalue weighted by Crippen LogP contribution is 2.20. The molecule has 1 atom stereocenters. The molecule has 1 aromatic heterocycles. The lowest BCUT2D eigenvalue weighted by molar-refractivity contribution is 0.285. The van der Waals surface area contributed by atoms with Crippen LogP contribution in [0.2, 0.25) is 0 Å². The Labute approximate surface area is 126 Å². The van der Waals surface area contributed by atoms with Crippen molar-refractivity contribution in [2.75, 3.05) is 0 Å². The van der Waals surface area contributed by atoms with Crippen molar-refractivity contribution < 1.29 is 4.52 Å². The molecule has 4 nitrogen and oxygen atoms in total. The molecule has 4 heteroatoms. The van der Waals surface area contributed by atoms with Gasteiger partial charge in [0.1, 0.15) is 0 Å². The number of hydrogen-bond donors (Lipinski definition) is 1. The predicted octanol–water partition coefficient (Wildman–Crippen LogP) is 3.19. The van der Waals surface area contributed by atoms with Crippen LogP contribution >= 0.6 is 0 Å². The van der Waals surface area contributed by atoms with Crippen LogP contribution in [0.5, 0.6) is 0 Å². The molecule has 0 amide bonds. The first-order valence-electron chi connectivity index (χ1n) is 7.38. The van der Waals surface area contributed by atoms with Gasteiger partial charge in [0.05, 0.1) is 0 Å². The average Bonchev–Trinajstić information content (AvgIpc) is 2.73. The van der Waals surface area contributed by atoms with Crippen molar-refractivity contribution in [3.63, 3.8) is 0 Å². The van der Waals surface area contributed by atoms with Crippen molar-refractivity contribution in [2.24, 2.45) is 11.1 Å². The lowest BCUT2D eigenvalue weighted by Gasteiger charge is -2.25. The minimum absolute atomic E-state index is 0.00649. The molecule has 0 saturated heterocycles. The maximum atomic E-state index is 6.16. The van der Waals surface area contributed by atoms with E-state index in [0.29, 0.717) is 18.7 Å². The molecule has 0 spiro atoms. The van der Waals surface area contributed by atoms with Gasteiger partial charge in [-0.15, -0.1) is 0 Å². The van der Waals surface area contributed by atoms with E-state index in [1.165, 1.54) is 16.7 Å². The van der Waals surface area contributed by atoms with Crippen LogP contribution in [-0.2, 0) is 12.8 Å². The third-order valence-electron chi connectivity index (χ3n) is 3.66. The van der Waals surface area contributed by atoms with Gasteiger partial charge in [0.2, 0.25) is 5.89 Å². The summed E-state index contributed by atoms with van der Waals surface area (Å²) in [5.41, 5.74) is 9.90. The van der Waals surface area contributed by atoms with E-state index in [4.69, 9.17) is 10.3 Å². The van der Waals surface area contributed by atoms with Gasteiger partial charge in [-0.2, -0.15) is 4.98 Å². The summed E-state index contributed by atoms with van der Waals surface area (Å²) in [5, 5.41) is 4.06. The predicted molar refractivity (Wildman–Crippen MR) is 84.2 cm³/mol. The van der Waals surface area contributed by atoms with E-state index in [0.717, 1.165) is 5.82 Å². The molecule has 114 valence electrons. The molecule has 2 rings (SSSR count). The number of nitrogens with two attached hydrogens (primary N) is 1. The summed E-state index contributed by atoms with van der Waals surface area (Å²) in [7, 11) is 0. The molecular weight excluding hydrogens is 262 g/mol. The van der Waals surface area contributed by atoms with Gasteiger partial charge in [0, 0.05) is 18.9 Å². The van der Waals surface area contributed by atoms with Crippen molar-refractivity contribution in [1.82, 2.24) is 10.1 Å². The molecule has 2 N–H and O–H groups in total. The summed E-state index contributed by atoms with van der Waals surface area (Å²) in [4.78, 5) is 4.46. The third kappa shape index (κ3) is 4.39. The van der Waals surface area contributed by atoms with Gasteiger partial charge >= 0.3 is 0 Å². The Kier molecular flexibility index (Phi) is 4.47. The fraction of sp³-hybridized carbons (Fsp3) is 0.529. The molecule has 2 aromatic rings. The molecule has 0 bridgehead atoms. The zero-order valence-corrected chi connectivity index (χ0v) is 13.6. The van der Waals surface area contributed by atoms with Gasteiger partial charge in [0.15, 0.2) is 5.82 Å². The molecule has 1 heterocycles. The van der Waals surface area contributed by atoms with E-state index in [9.17, 15) is 0 Å². The molecule has 21 heavy (non-hydrogen) atoms. The van der Waals surface area contributed by atoms with Gasteiger partial charge < -0.3 is 10.3 Å². The molecular formula is C17H25N3O. The first-order valence-corrected chi connectivity index (χ1v) is 7.38. The fourth-order valence-electron chi connectivity index (χ4n) is 2.29. The van der Waals surface area contributed by atoms with E-state index in [1.54, 1.807) is 0 Å². The Morgan fingerprint density at radius 2 is 1.76 bits per heavy atom. The normalized spacial score (nSPS) is 13.4. The molecule has 0 radical (unpaired) electrons. The number of nitrogens with zero attached hydrogens (tertiary/aromatic N) is 2. The SMILES string of the molecule is Cc1cc(C)cc(Cc2noc(CC(N)C(C)(C)C)n2)c1. The Hall–Kier alpha value is -1.68. The summed E-state index contributed by atoms with van der Waals surface area (Å²) in [6.07, 6.45) is 1.31. The van der Waals surface area contributed by atoms with Crippen molar-refractivity contribution in [1.29, 1.82) is 0 Å². The van der Waals surface area contributed by atoms with E-state index in [1.807, 2.05) is 0 Å². The van der Waals surface area contributed by atoms with Gasteiger partial charge in [0.25, 0.3) is 0 Å². The lowest BCUT2D eigenvalue weighted by atomic mass is 9.85. The van der Waals surface area contributed by atoms with Crippen LogP contribution in [-0.4, -0.2) is 16.2 Å². The number of benzene rings is 1. The Bertz CT molecular complexity index is 590. The Morgan fingerprint density at radius 3 is 2.33 bits per heavy atom. The highest BCUT2D eigenvalue weighted by Gasteiger charge is 2.23. The third-order valence-corrected chi connectivity index (χ3v) is 3.66. The quantitative estimate of drug-likeness (QED) is 0.938. The average molecular weight is 287 g/mol. The first kappa shape index (κ1) is 15.7. The minimum Gasteiger partial charge on any atom is -0.339 e. The Balaban J connectivity index is 2.06. The molecule has 1 aromatic carbocycles. The number of aryl methyl sites for hydroxylation is 2. The van der Waals surface area contributed by atoms with E-state index in [-0.39, 0.29) is 11.5 Å². The monoisotopic (exact) mass is 287 g/mol. The Morgan fingerprint density at radius 1 is 1.14 bits per heavy atom. The second-order valence-electron chi connectivity index (χ2n) is 6.95. The molecule has 0 fully saturated rings. The zero-order chi connectivity index (χ0) is 15.6. The molecule has 0 aliphatic heterocycles. The van der Waals surface area contributed by atoms with Gasteiger partial charge in [-0.05, 0) is 24.8 Å². The summed E-state index contributed by atoms with van der Waals surface area (Å²) in [6.45, 7) is 10.5. The van der Waals surface area contributed by atoms with Crippen LogP contribution in [0.1, 0.15) is 49.2 Å². The second kappa shape index (κ2) is 5.98. The van der Waals surface area contributed by atoms with Gasteiger partial charge in [-0.3, -0.25) is 0 Å². The number of aromatic nitrogens is 2. The minimum atomic E-state index is 0.00649. The summed E-state index contributed by atoms with van der Waals surface area (Å²) >= 11 is 0. The standard InChI is InChI=1S/C17H25N3O/c1-11-6-12(2)8-13(7-11)9-15-19-16(21-20-15)10-14(18)17(3,4)5/h6-8,14H,9-10,18H2,1-5H3. The van der Waals surface area contributed by atoms with E-state index in [2.05, 4.69) is 63.0 Å². The topological polar surface area (TPSA) is 64.9 Å². The van der Waals surface area contributed by atoms with Crippen molar-refractivity contribution in [3.05, 3.63) is 46.6 Å². The molecule has 0 aliphatic carbocycles. The molecule has 0 saturated carbocycles. The second-order valence-corrected chi connectivity index (χ2v) is 6.95. The van der Waals surface area contributed by atoms with Crippen LogP contribution < -0.4 is 5.73 Å². The lowest BCUT2D eigenvalue weighted by Crippen LogP contribution is -2.37. The van der Waals surface area contributed by atoms with Crippen molar-refractivity contribution in [2.45, 2.75) is 53.5 Å². The van der Waals surface area contributed by atoms with Gasteiger partial charge in [-0.25, -0.2) is 0 Å². The van der Waals surface area contributed by atoms with Crippen LogP contribution in [0.15, 0.2) is 22.7 Å². The van der Waals surface area contributed by atoms with Crippen LogP contribution in [0, 0.1) is 19.3 Å². The van der Waals surface area contributed by atoms with Crippen molar-refractivity contribution >= 4 is 0 Å². The largest absolute Gasteiger partial charge is 0.339 e. The summed E-state index contributed by atoms with van der Waals surface area (Å²) < 4.78 is 5.32. The smallest absolute Gasteiger partial charge is 0.228 e. The highest BCUT2D eigenvalue weighted by atomic mass is 16.5. The fourth-order valence-corrected chi connectivity index (χ4v) is 2.29. The number of rotatable bonds is 4. The summed E-state index contributed by atoms with van der Waals surface area (Å²) in [6, 6.07) is 6.48. The number of hydrogen-bond acceptors (Lipinski definition) is 4. The highest BCUT2D eigenvalue weighted by molar-refractivity contribution is 5.30. The maximum Gasteiger partial charge on any atom is 0.228 e. The van der Waals surface area contributed by atoms with Crippen LogP contribution in [0.3, 0.4) is 0 Å². The summed E-state index contributed by atoms with van der Waals surface area (Å²) in [5.74, 6) is 1.34. The maximum absolute atomic E-state index is 6.16. The zero-order valence-electron chi connectivity index (χ0n) is 13.6. The van der Waals surface area contributed by atoms with E-state index < -0.39 is 0 Å². The van der Waals surface area contributed by atoms with Gasteiger partial charge in [-0.1, -0.05) is 55.3 Å². The molecule has 0 aliphatic rings. The van der Waals surface area contributed by atoms with Crippen LogP contribution in [0.4, 0.5) is 0 Å². The van der Waals surface area contributed by atoms with E-state index >= 15 is 0 Å². The molecule has 1 unspecified atom stereocenters. The first-order chi connectivity index (χ1) is 9.74. The van der Waals surface area contributed by atoms with Crippen LogP contribution in [0.25, 0.3) is 0 Å².